The molecule has 5 heteroatoms. The van der Waals surface area contributed by atoms with Crippen molar-refractivity contribution >= 4 is 35.5 Å². The number of nitrogens with zero attached hydrogens (tertiary/aromatic N) is 2. The first-order valence-electron chi connectivity index (χ1n) is 2.56. The maximum atomic E-state index is 10.7. The number of carbonyl (C=O) groups is 1. The standard InChI is InChI=1S/C5H7N3O.Na.H/c6-3-5(9)8-2-1-7-4-8;;/h1-2,4H,3,6H2;;. The van der Waals surface area contributed by atoms with Gasteiger partial charge in [0.15, 0.2) is 0 Å². The Bertz CT molecular complexity index is 197. The van der Waals surface area contributed by atoms with E-state index in [-0.39, 0.29) is 42.0 Å². The molecule has 0 saturated heterocycles. The van der Waals surface area contributed by atoms with E-state index in [1.165, 1.54) is 17.1 Å². The van der Waals surface area contributed by atoms with Crippen LogP contribution in [0.5, 0.6) is 0 Å². The van der Waals surface area contributed by atoms with Crippen LogP contribution >= 0.6 is 0 Å². The molecule has 0 saturated carbocycles. The monoisotopic (exact) mass is 149 g/mol. The summed E-state index contributed by atoms with van der Waals surface area (Å²) in [4.78, 5) is 14.4. The van der Waals surface area contributed by atoms with Crippen LogP contribution in [0.3, 0.4) is 0 Å². The Labute approximate surface area is 80.7 Å². The van der Waals surface area contributed by atoms with E-state index in [1.54, 1.807) is 6.20 Å². The van der Waals surface area contributed by atoms with Crippen molar-refractivity contribution in [3.63, 3.8) is 0 Å². The molecule has 4 nitrogen and oxygen atoms in total. The third-order valence-corrected chi connectivity index (χ3v) is 0.967. The molecule has 0 aliphatic heterocycles. The third kappa shape index (κ3) is 2.22. The first kappa shape index (κ1) is 9.84. The van der Waals surface area contributed by atoms with Crippen LogP contribution in [0.1, 0.15) is 4.79 Å². The Morgan fingerprint density at radius 3 is 2.80 bits per heavy atom. The van der Waals surface area contributed by atoms with Gasteiger partial charge in [0, 0.05) is 12.4 Å². The van der Waals surface area contributed by atoms with Gasteiger partial charge in [-0.25, -0.2) is 4.98 Å². The number of hydrogen-bond acceptors (Lipinski definition) is 3. The molecule has 1 aromatic heterocycles. The third-order valence-electron chi connectivity index (χ3n) is 0.967. The van der Waals surface area contributed by atoms with Gasteiger partial charge < -0.3 is 5.73 Å². The van der Waals surface area contributed by atoms with Crippen molar-refractivity contribution in [1.29, 1.82) is 0 Å². The van der Waals surface area contributed by atoms with E-state index >= 15 is 0 Å². The second kappa shape index (κ2) is 4.62. The van der Waals surface area contributed by atoms with Gasteiger partial charge in [0.25, 0.3) is 0 Å². The van der Waals surface area contributed by atoms with Crippen LogP contribution in [0.4, 0.5) is 0 Å². The molecule has 0 spiro atoms. The van der Waals surface area contributed by atoms with Gasteiger partial charge in [-0.2, -0.15) is 0 Å². The van der Waals surface area contributed by atoms with Crippen LogP contribution < -0.4 is 5.73 Å². The van der Waals surface area contributed by atoms with Crippen molar-refractivity contribution in [2.75, 3.05) is 6.54 Å². The van der Waals surface area contributed by atoms with Gasteiger partial charge in [-0.05, 0) is 0 Å². The normalized spacial score (nSPS) is 8.50. The molecule has 1 rings (SSSR count). The molecule has 0 unspecified atom stereocenters. The maximum absolute atomic E-state index is 10.7. The van der Waals surface area contributed by atoms with E-state index in [4.69, 9.17) is 5.73 Å². The number of imidazole rings is 1. The van der Waals surface area contributed by atoms with E-state index < -0.39 is 0 Å². The van der Waals surface area contributed by atoms with Crippen molar-refractivity contribution < 1.29 is 4.79 Å². The van der Waals surface area contributed by atoms with E-state index in [9.17, 15) is 4.79 Å². The second-order valence-electron chi connectivity index (χ2n) is 1.57. The Hall–Kier alpha value is -0.160. The molecule has 0 aliphatic carbocycles. The molecule has 0 aromatic carbocycles. The summed E-state index contributed by atoms with van der Waals surface area (Å²) >= 11 is 0. The van der Waals surface area contributed by atoms with Crippen molar-refractivity contribution in [2.45, 2.75) is 0 Å². The molecule has 0 amide bonds. The van der Waals surface area contributed by atoms with Gasteiger partial charge in [0.2, 0.25) is 5.91 Å². The molecule has 10 heavy (non-hydrogen) atoms. The van der Waals surface area contributed by atoms with Gasteiger partial charge in [-0.15, -0.1) is 0 Å². The number of hydrogen-bond donors (Lipinski definition) is 1. The topological polar surface area (TPSA) is 60.9 Å². The molecular weight excluding hydrogens is 141 g/mol. The van der Waals surface area contributed by atoms with Gasteiger partial charge >= 0.3 is 29.6 Å². The van der Waals surface area contributed by atoms with Crippen LogP contribution in [0.25, 0.3) is 0 Å². The minimum absolute atomic E-state index is 0. The predicted molar refractivity (Wildman–Crippen MR) is 39.1 cm³/mol. The van der Waals surface area contributed by atoms with Crippen molar-refractivity contribution in [2.24, 2.45) is 5.73 Å². The predicted octanol–water partition coefficient (Wildman–Crippen LogP) is -1.17. The fraction of sp³-hybridized carbons (Fsp3) is 0.200. The summed E-state index contributed by atoms with van der Waals surface area (Å²) in [6.07, 6.45) is 4.53. The van der Waals surface area contributed by atoms with E-state index in [0.717, 1.165) is 0 Å². The quantitative estimate of drug-likeness (QED) is 0.512. The van der Waals surface area contributed by atoms with E-state index in [0.29, 0.717) is 0 Å². The van der Waals surface area contributed by atoms with Gasteiger partial charge in [0.1, 0.15) is 6.33 Å². The Kier molecular flexibility index (Phi) is 4.55. The van der Waals surface area contributed by atoms with Gasteiger partial charge in [-0.1, -0.05) is 0 Å². The average molecular weight is 149 g/mol. The first-order chi connectivity index (χ1) is 4.34. The zero-order valence-electron chi connectivity index (χ0n) is 4.82. The molecule has 50 valence electrons. The van der Waals surface area contributed by atoms with Gasteiger partial charge in [0.05, 0.1) is 6.54 Å². The van der Waals surface area contributed by atoms with Crippen molar-refractivity contribution in [3.05, 3.63) is 18.7 Å². The van der Waals surface area contributed by atoms with Crippen LogP contribution in [-0.4, -0.2) is 51.6 Å². The Balaban J connectivity index is 0.000000810. The molecule has 0 radical (unpaired) electrons. The van der Waals surface area contributed by atoms with E-state index in [1.807, 2.05) is 0 Å². The molecule has 2 N–H and O–H groups in total. The summed E-state index contributed by atoms with van der Waals surface area (Å²) < 4.78 is 1.35. The summed E-state index contributed by atoms with van der Waals surface area (Å²) in [5.74, 6) is -0.146. The molecule has 1 aromatic rings. The zero-order chi connectivity index (χ0) is 6.69. The summed E-state index contributed by atoms with van der Waals surface area (Å²) in [6, 6.07) is 0. The number of aromatic nitrogens is 2. The molecular formula is C5H8N3NaO. The van der Waals surface area contributed by atoms with Crippen LogP contribution in [0.2, 0.25) is 0 Å². The number of carbonyl (C=O) groups excluding carboxylic acids is 1. The summed E-state index contributed by atoms with van der Waals surface area (Å²) in [5, 5.41) is 0. The molecule has 1 heterocycles. The Morgan fingerprint density at radius 1 is 1.70 bits per heavy atom. The van der Waals surface area contributed by atoms with Crippen LogP contribution in [0, 0.1) is 0 Å². The minimum atomic E-state index is -0.146. The van der Waals surface area contributed by atoms with E-state index in [2.05, 4.69) is 4.98 Å². The second-order valence-corrected chi connectivity index (χ2v) is 1.57. The van der Waals surface area contributed by atoms with Crippen LogP contribution in [-0.2, 0) is 0 Å². The van der Waals surface area contributed by atoms with Gasteiger partial charge in [-0.3, -0.25) is 9.36 Å². The Morgan fingerprint density at radius 2 is 2.40 bits per heavy atom. The SMILES string of the molecule is NCC(=O)n1ccnc1.[NaH]. The first-order valence-corrected chi connectivity index (χ1v) is 2.56. The zero-order valence-corrected chi connectivity index (χ0v) is 4.82. The van der Waals surface area contributed by atoms with Crippen LogP contribution in [0.15, 0.2) is 18.7 Å². The summed E-state index contributed by atoms with van der Waals surface area (Å²) in [6.45, 7) is 0.0242. The van der Waals surface area contributed by atoms with Crippen molar-refractivity contribution in [3.8, 4) is 0 Å². The summed E-state index contributed by atoms with van der Waals surface area (Å²) in [7, 11) is 0. The average Bonchev–Trinajstić information content (AvgIpc) is 2.37. The summed E-state index contributed by atoms with van der Waals surface area (Å²) in [5.41, 5.74) is 5.07. The number of nitrogens with two attached hydrogens (primary N) is 1. The fourth-order valence-corrected chi connectivity index (χ4v) is 0.512. The molecule has 0 bridgehead atoms. The fourth-order valence-electron chi connectivity index (χ4n) is 0.512. The number of rotatable bonds is 1. The molecule has 0 aliphatic rings. The molecule has 0 fully saturated rings. The van der Waals surface area contributed by atoms with Crippen molar-refractivity contribution in [1.82, 2.24) is 9.55 Å². The molecule has 0 atom stereocenters.